The predicted octanol–water partition coefficient (Wildman–Crippen LogP) is 0.481. The number of nitrogens with zero attached hydrogens (tertiary/aromatic N) is 1. The van der Waals surface area contributed by atoms with Crippen LogP contribution in [0.2, 0.25) is 0 Å². The summed E-state index contributed by atoms with van der Waals surface area (Å²) in [7, 11) is 0. The van der Waals surface area contributed by atoms with E-state index in [1.165, 1.54) is 4.90 Å². The van der Waals surface area contributed by atoms with Crippen molar-refractivity contribution in [1.29, 1.82) is 0 Å². The third kappa shape index (κ3) is 2.48. The molecule has 2 atom stereocenters. The first-order valence-corrected chi connectivity index (χ1v) is 5.71. The van der Waals surface area contributed by atoms with Gasteiger partial charge < -0.3 is 15.1 Å². The summed E-state index contributed by atoms with van der Waals surface area (Å²) < 4.78 is 0. The highest BCUT2D eigenvalue weighted by Crippen LogP contribution is 2.16. The van der Waals surface area contributed by atoms with Gasteiger partial charge in [-0.15, -0.1) is 0 Å². The standard InChI is InChI=1S/C13H17NO3/c1-8-3-9(2)5-10(4-8)13(17)14-6-11(15)12(16)7-14/h3-5,11-12,15-16H,6-7H2,1-2H3/t11-,12+. The molecule has 1 aromatic carbocycles. The molecule has 0 aromatic heterocycles. The average molecular weight is 235 g/mol. The Morgan fingerprint density at radius 3 is 2.06 bits per heavy atom. The predicted molar refractivity (Wildman–Crippen MR) is 63.8 cm³/mol. The smallest absolute Gasteiger partial charge is 0.254 e. The number of likely N-dealkylation sites (tertiary alicyclic amines) is 1. The molecule has 0 spiro atoms. The molecule has 92 valence electrons. The lowest BCUT2D eigenvalue weighted by Crippen LogP contribution is -2.29. The average Bonchev–Trinajstić information content (AvgIpc) is 2.57. The van der Waals surface area contributed by atoms with Gasteiger partial charge in [0.05, 0.1) is 12.2 Å². The second-order valence-electron chi connectivity index (χ2n) is 4.72. The second-order valence-corrected chi connectivity index (χ2v) is 4.72. The zero-order valence-electron chi connectivity index (χ0n) is 10.1. The third-order valence-electron chi connectivity index (χ3n) is 3.01. The molecule has 4 nitrogen and oxygen atoms in total. The minimum absolute atomic E-state index is 0.132. The zero-order chi connectivity index (χ0) is 12.6. The molecule has 4 heteroatoms. The highest BCUT2D eigenvalue weighted by molar-refractivity contribution is 5.94. The molecular formula is C13H17NO3. The van der Waals surface area contributed by atoms with Gasteiger partial charge in [0.15, 0.2) is 0 Å². The van der Waals surface area contributed by atoms with Gasteiger partial charge in [-0.1, -0.05) is 17.2 Å². The molecule has 1 saturated heterocycles. The van der Waals surface area contributed by atoms with E-state index in [1.807, 2.05) is 32.0 Å². The largest absolute Gasteiger partial charge is 0.388 e. The molecule has 0 aliphatic carbocycles. The minimum atomic E-state index is -0.829. The normalized spacial score (nSPS) is 24.1. The first kappa shape index (κ1) is 12.1. The number of aryl methyl sites for hydroxylation is 2. The summed E-state index contributed by atoms with van der Waals surface area (Å²) >= 11 is 0. The molecular weight excluding hydrogens is 218 g/mol. The molecule has 1 heterocycles. The van der Waals surface area contributed by atoms with E-state index >= 15 is 0 Å². The lowest BCUT2D eigenvalue weighted by molar-refractivity contribution is 0.0572. The molecule has 1 aliphatic heterocycles. The molecule has 0 unspecified atom stereocenters. The number of hydrogen-bond acceptors (Lipinski definition) is 3. The number of aliphatic hydroxyl groups excluding tert-OH is 2. The Labute approximate surface area is 100 Å². The monoisotopic (exact) mass is 235 g/mol. The van der Waals surface area contributed by atoms with Gasteiger partial charge in [0.25, 0.3) is 5.91 Å². The van der Waals surface area contributed by atoms with Crippen LogP contribution in [0.4, 0.5) is 0 Å². The minimum Gasteiger partial charge on any atom is -0.388 e. The van der Waals surface area contributed by atoms with Gasteiger partial charge in [-0.3, -0.25) is 4.79 Å². The molecule has 0 saturated carbocycles. The highest BCUT2D eigenvalue weighted by Gasteiger charge is 2.32. The van der Waals surface area contributed by atoms with E-state index in [9.17, 15) is 15.0 Å². The Morgan fingerprint density at radius 1 is 1.12 bits per heavy atom. The van der Waals surface area contributed by atoms with Crippen LogP contribution < -0.4 is 0 Å². The van der Waals surface area contributed by atoms with Crippen molar-refractivity contribution in [3.8, 4) is 0 Å². The molecule has 1 fully saturated rings. The van der Waals surface area contributed by atoms with Crippen LogP contribution in [0.5, 0.6) is 0 Å². The van der Waals surface area contributed by atoms with E-state index in [2.05, 4.69) is 0 Å². The molecule has 1 aliphatic rings. The fraction of sp³-hybridized carbons (Fsp3) is 0.462. The van der Waals surface area contributed by atoms with Gasteiger partial charge in [0.1, 0.15) is 0 Å². The van der Waals surface area contributed by atoms with Crippen molar-refractivity contribution >= 4 is 5.91 Å². The lowest BCUT2D eigenvalue weighted by Gasteiger charge is -2.16. The first-order chi connectivity index (χ1) is 7.97. The summed E-state index contributed by atoms with van der Waals surface area (Å²) in [5, 5.41) is 18.9. The number of hydrogen-bond donors (Lipinski definition) is 2. The van der Waals surface area contributed by atoms with E-state index in [4.69, 9.17) is 0 Å². The SMILES string of the molecule is Cc1cc(C)cc(C(=O)N2C[C@@H](O)[C@@H](O)C2)c1. The summed E-state index contributed by atoms with van der Waals surface area (Å²) in [5.74, 6) is -0.132. The summed E-state index contributed by atoms with van der Waals surface area (Å²) in [6, 6.07) is 5.66. The topological polar surface area (TPSA) is 60.8 Å². The van der Waals surface area contributed by atoms with E-state index in [-0.39, 0.29) is 19.0 Å². The molecule has 2 N–H and O–H groups in total. The number of rotatable bonds is 1. The van der Waals surface area contributed by atoms with Gasteiger partial charge in [0, 0.05) is 18.7 Å². The lowest BCUT2D eigenvalue weighted by atomic mass is 10.1. The van der Waals surface area contributed by atoms with Crippen LogP contribution in [0.3, 0.4) is 0 Å². The van der Waals surface area contributed by atoms with Crippen LogP contribution in [-0.2, 0) is 0 Å². The molecule has 0 bridgehead atoms. The van der Waals surface area contributed by atoms with E-state index in [1.54, 1.807) is 0 Å². The maximum atomic E-state index is 12.1. The summed E-state index contributed by atoms with van der Waals surface area (Å²) in [5.41, 5.74) is 2.69. The molecule has 1 amide bonds. The quantitative estimate of drug-likeness (QED) is 0.744. The van der Waals surface area contributed by atoms with Crippen LogP contribution in [0.15, 0.2) is 18.2 Å². The summed E-state index contributed by atoms with van der Waals surface area (Å²) in [6.07, 6.45) is -1.66. The molecule has 17 heavy (non-hydrogen) atoms. The fourth-order valence-corrected chi connectivity index (χ4v) is 2.22. The second kappa shape index (κ2) is 4.47. The van der Waals surface area contributed by atoms with E-state index in [0.29, 0.717) is 5.56 Å². The first-order valence-electron chi connectivity index (χ1n) is 5.71. The van der Waals surface area contributed by atoms with Crippen molar-refractivity contribution in [1.82, 2.24) is 4.90 Å². The number of β-amino-alcohol motifs (C(OH)–C–C–N with tert-alkyl or cyclic N) is 2. The van der Waals surface area contributed by atoms with Crippen molar-refractivity contribution in [2.75, 3.05) is 13.1 Å². The van der Waals surface area contributed by atoms with Crippen molar-refractivity contribution in [2.45, 2.75) is 26.1 Å². The van der Waals surface area contributed by atoms with E-state index < -0.39 is 12.2 Å². The maximum absolute atomic E-state index is 12.1. The van der Waals surface area contributed by atoms with Crippen LogP contribution in [0, 0.1) is 13.8 Å². The van der Waals surface area contributed by atoms with Crippen molar-refractivity contribution in [3.63, 3.8) is 0 Å². The Balaban J connectivity index is 2.20. The van der Waals surface area contributed by atoms with Crippen LogP contribution in [0.1, 0.15) is 21.5 Å². The van der Waals surface area contributed by atoms with Crippen LogP contribution in [-0.4, -0.2) is 46.3 Å². The Hall–Kier alpha value is -1.39. The van der Waals surface area contributed by atoms with Gasteiger partial charge in [-0.2, -0.15) is 0 Å². The summed E-state index contributed by atoms with van der Waals surface area (Å²) in [4.78, 5) is 13.6. The van der Waals surface area contributed by atoms with Crippen LogP contribution >= 0.6 is 0 Å². The maximum Gasteiger partial charge on any atom is 0.254 e. The number of amides is 1. The summed E-state index contributed by atoms with van der Waals surface area (Å²) in [6.45, 7) is 4.29. The molecule has 1 aromatic rings. The zero-order valence-corrected chi connectivity index (χ0v) is 10.1. The van der Waals surface area contributed by atoms with E-state index in [0.717, 1.165) is 11.1 Å². The van der Waals surface area contributed by atoms with Crippen molar-refractivity contribution < 1.29 is 15.0 Å². The van der Waals surface area contributed by atoms with Gasteiger partial charge >= 0.3 is 0 Å². The number of aliphatic hydroxyl groups is 2. The van der Waals surface area contributed by atoms with Gasteiger partial charge in [-0.25, -0.2) is 0 Å². The Kier molecular flexibility index (Phi) is 3.17. The molecule has 0 radical (unpaired) electrons. The van der Waals surface area contributed by atoms with Gasteiger partial charge in [-0.05, 0) is 26.0 Å². The van der Waals surface area contributed by atoms with Crippen molar-refractivity contribution in [2.24, 2.45) is 0 Å². The number of carbonyl (C=O) groups is 1. The highest BCUT2D eigenvalue weighted by atomic mass is 16.3. The Morgan fingerprint density at radius 2 is 1.59 bits per heavy atom. The molecule has 2 rings (SSSR count). The Bertz CT molecular complexity index is 414. The number of carbonyl (C=O) groups excluding carboxylic acids is 1. The van der Waals surface area contributed by atoms with Crippen molar-refractivity contribution in [3.05, 3.63) is 34.9 Å². The van der Waals surface area contributed by atoms with Crippen LogP contribution in [0.25, 0.3) is 0 Å². The fourth-order valence-electron chi connectivity index (χ4n) is 2.22. The third-order valence-corrected chi connectivity index (χ3v) is 3.01. The number of benzene rings is 1. The van der Waals surface area contributed by atoms with Gasteiger partial charge in [0.2, 0.25) is 0 Å².